The third-order valence-electron chi connectivity index (χ3n) is 9.84. The minimum Gasteiger partial charge on any atom is -0.495 e. The van der Waals surface area contributed by atoms with E-state index in [0.29, 0.717) is 54.7 Å². The van der Waals surface area contributed by atoms with Crippen LogP contribution in [0.1, 0.15) is 25.7 Å². The minimum absolute atomic E-state index is 0.229. The van der Waals surface area contributed by atoms with Crippen LogP contribution in [-0.2, 0) is 14.4 Å². The molecular formula is C37H38FN5O6. The molecule has 1 aromatic heterocycles. The van der Waals surface area contributed by atoms with Gasteiger partial charge in [0.15, 0.2) is 0 Å². The van der Waals surface area contributed by atoms with E-state index < -0.39 is 29.0 Å². The molecule has 1 aliphatic carbocycles. The zero-order valence-electron chi connectivity index (χ0n) is 27.2. The van der Waals surface area contributed by atoms with Gasteiger partial charge in [-0.05, 0) is 98.3 Å². The number of ether oxygens (including phenoxy) is 2. The number of nitrogens with one attached hydrogen (secondary N) is 2. The third-order valence-corrected chi connectivity index (χ3v) is 9.84. The Balaban J connectivity index is 0.977. The number of rotatable bonds is 11. The van der Waals surface area contributed by atoms with Crippen molar-refractivity contribution >= 4 is 45.7 Å². The van der Waals surface area contributed by atoms with E-state index >= 15 is 0 Å². The number of aliphatic carboxylic acids is 1. The Bertz CT molecular complexity index is 1870. The van der Waals surface area contributed by atoms with Crippen molar-refractivity contribution in [1.29, 1.82) is 0 Å². The van der Waals surface area contributed by atoms with Gasteiger partial charge in [0.25, 0.3) is 0 Å². The molecule has 0 spiro atoms. The van der Waals surface area contributed by atoms with Crippen LogP contribution >= 0.6 is 0 Å². The first kappa shape index (κ1) is 32.3. The fourth-order valence-electron chi connectivity index (χ4n) is 6.68. The Morgan fingerprint density at radius 3 is 2.14 bits per heavy atom. The van der Waals surface area contributed by atoms with Crippen LogP contribution in [-0.4, -0.2) is 72.6 Å². The molecule has 7 rings (SSSR count). The summed E-state index contributed by atoms with van der Waals surface area (Å²) in [5.74, 6) is 0.291. The maximum atomic E-state index is 13.2. The molecule has 11 nitrogen and oxygen atoms in total. The second kappa shape index (κ2) is 13.3. The molecule has 3 aromatic carbocycles. The summed E-state index contributed by atoms with van der Waals surface area (Å²) in [4.78, 5) is 46.3. The van der Waals surface area contributed by atoms with Gasteiger partial charge < -0.3 is 35.0 Å². The molecule has 0 atom stereocenters. The number of benzene rings is 3. The number of fused-ring (bicyclic) bond motifs is 1. The first-order valence-electron chi connectivity index (χ1n) is 16.5. The maximum Gasteiger partial charge on any atom is 0.309 e. The number of carboxylic acid groups (broad SMARTS) is 1. The summed E-state index contributed by atoms with van der Waals surface area (Å²) in [6.45, 7) is 3.99. The summed E-state index contributed by atoms with van der Waals surface area (Å²) in [7, 11) is 1.66. The molecule has 3 heterocycles. The van der Waals surface area contributed by atoms with Crippen molar-refractivity contribution in [3.63, 3.8) is 0 Å². The maximum absolute atomic E-state index is 13.2. The van der Waals surface area contributed by atoms with Gasteiger partial charge in [0, 0.05) is 55.7 Å². The van der Waals surface area contributed by atoms with Crippen LogP contribution in [0.5, 0.6) is 17.2 Å². The zero-order chi connectivity index (χ0) is 34.1. The third kappa shape index (κ3) is 6.86. The number of hydrogen-bond donors (Lipinski definition) is 3. The van der Waals surface area contributed by atoms with Crippen molar-refractivity contribution in [3.8, 4) is 17.2 Å². The lowest BCUT2D eigenvalue weighted by molar-refractivity contribution is -0.147. The minimum atomic E-state index is -1.16. The topological polar surface area (TPSA) is 133 Å². The van der Waals surface area contributed by atoms with Crippen LogP contribution in [0.25, 0.3) is 10.9 Å². The van der Waals surface area contributed by atoms with Crippen molar-refractivity contribution in [2.75, 3.05) is 55.4 Å². The number of likely N-dealkylation sites (tertiary alicyclic amines) is 1. The van der Waals surface area contributed by atoms with Gasteiger partial charge >= 0.3 is 5.97 Å². The van der Waals surface area contributed by atoms with Gasteiger partial charge in [-0.2, -0.15) is 0 Å². The van der Waals surface area contributed by atoms with E-state index in [1.54, 1.807) is 43.6 Å². The molecule has 2 saturated heterocycles. The molecule has 0 unspecified atom stereocenters. The van der Waals surface area contributed by atoms with E-state index in [2.05, 4.69) is 25.4 Å². The van der Waals surface area contributed by atoms with Crippen molar-refractivity contribution < 1.29 is 33.4 Å². The van der Waals surface area contributed by atoms with Crippen LogP contribution in [0.3, 0.4) is 0 Å². The molecular weight excluding hydrogens is 629 g/mol. The first-order valence-corrected chi connectivity index (χ1v) is 16.5. The fraction of sp³-hybridized carbons (Fsp3) is 0.351. The van der Waals surface area contributed by atoms with Gasteiger partial charge in [-0.1, -0.05) is 0 Å². The Kier molecular flexibility index (Phi) is 8.81. The molecule has 3 fully saturated rings. The van der Waals surface area contributed by atoms with Crippen LogP contribution < -0.4 is 25.0 Å². The molecule has 2 amide bonds. The van der Waals surface area contributed by atoms with Gasteiger partial charge in [0.2, 0.25) is 11.8 Å². The molecule has 3 aliphatic rings. The highest BCUT2D eigenvalue weighted by Gasteiger charge is 2.56. The Labute approximate surface area is 283 Å². The summed E-state index contributed by atoms with van der Waals surface area (Å²) in [6.07, 6.45) is 4.61. The summed E-state index contributed by atoms with van der Waals surface area (Å²) in [5, 5.41) is 15.5. The quantitative estimate of drug-likeness (QED) is 0.171. The largest absolute Gasteiger partial charge is 0.495 e. The summed E-state index contributed by atoms with van der Waals surface area (Å²) >= 11 is 0. The summed E-state index contributed by atoms with van der Waals surface area (Å²) < 4.78 is 25.3. The van der Waals surface area contributed by atoms with E-state index in [1.807, 2.05) is 12.1 Å². The monoisotopic (exact) mass is 667 g/mol. The smallest absolute Gasteiger partial charge is 0.309 e. The van der Waals surface area contributed by atoms with Gasteiger partial charge in [-0.25, -0.2) is 4.39 Å². The number of aromatic nitrogens is 1. The Hall–Kier alpha value is -5.23. The first-order chi connectivity index (χ1) is 23.7. The highest BCUT2D eigenvalue weighted by Crippen LogP contribution is 2.47. The SMILES string of the molecule is COc1cc2c(Oc3ccc(NC(=O)C4(C(=O)Nc5ccc(F)cc5)CC4)cc3)ccnc2cc1N1CCC(CN2CC(C(=O)O)C2)CC1. The number of amides is 2. The molecule has 254 valence electrons. The lowest BCUT2D eigenvalue weighted by atomic mass is 9.92. The second-order valence-corrected chi connectivity index (χ2v) is 13.2. The van der Waals surface area contributed by atoms with E-state index in [9.17, 15) is 18.8 Å². The van der Waals surface area contributed by atoms with E-state index in [4.69, 9.17) is 14.6 Å². The van der Waals surface area contributed by atoms with Crippen molar-refractivity contribution in [1.82, 2.24) is 9.88 Å². The fourth-order valence-corrected chi connectivity index (χ4v) is 6.68. The number of nitrogens with zero attached hydrogens (tertiary/aromatic N) is 3. The number of hydrogen-bond acceptors (Lipinski definition) is 8. The van der Waals surface area contributed by atoms with Crippen molar-refractivity contribution in [3.05, 3.63) is 78.7 Å². The molecule has 2 aliphatic heterocycles. The van der Waals surface area contributed by atoms with E-state index in [0.717, 1.165) is 54.8 Å². The van der Waals surface area contributed by atoms with Crippen molar-refractivity contribution in [2.24, 2.45) is 17.3 Å². The normalized spacial score (nSPS) is 17.6. The predicted molar refractivity (Wildman–Crippen MR) is 183 cm³/mol. The molecule has 1 saturated carbocycles. The van der Waals surface area contributed by atoms with E-state index in [1.165, 1.54) is 24.3 Å². The molecule has 3 N–H and O–H groups in total. The van der Waals surface area contributed by atoms with Crippen LogP contribution in [0.4, 0.5) is 21.5 Å². The number of piperidine rings is 1. The molecule has 0 bridgehead atoms. The van der Waals surface area contributed by atoms with Gasteiger partial charge in [0.05, 0.1) is 24.2 Å². The number of anilines is 3. The highest BCUT2D eigenvalue weighted by molar-refractivity contribution is 6.16. The van der Waals surface area contributed by atoms with E-state index in [-0.39, 0.29) is 5.92 Å². The number of carboxylic acids is 1. The average molecular weight is 668 g/mol. The molecule has 49 heavy (non-hydrogen) atoms. The number of halogens is 1. The summed E-state index contributed by atoms with van der Waals surface area (Å²) in [6, 6.07) is 18.1. The second-order valence-electron chi connectivity index (χ2n) is 13.2. The highest BCUT2D eigenvalue weighted by atomic mass is 19.1. The Morgan fingerprint density at radius 2 is 1.55 bits per heavy atom. The number of pyridine rings is 1. The molecule has 12 heteroatoms. The number of carbonyl (C=O) groups excluding carboxylic acids is 2. The van der Waals surface area contributed by atoms with Crippen LogP contribution in [0.15, 0.2) is 72.9 Å². The van der Waals surface area contributed by atoms with Gasteiger partial charge in [-0.3, -0.25) is 19.4 Å². The number of carbonyl (C=O) groups is 3. The van der Waals surface area contributed by atoms with Gasteiger partial charge in [-0.15, -0.1) is 0 Å². The molecule has 0 radical (unpaired) electrons. The standard InChI is InChI=1S/C37H38FN5O6/c1-48-33-18-29-30(19-31(33)43-16-11-23(12-17-43)20-42-21-24(22-42)34(44)45)39-15-10-32(29)49-28-8-6-27(7-9-28)41-36(47)37(13-14-37)35(46)40-26-4-2-25(38)3-5-26/h2-10,15,18-19,23-24H,11-14,16-17,20-22H2,1H3,(H,40,46)(H,41,47)(H,44,45). The van der Waals surface area contributed by atoms with Crippen molar-refractivity contribution in [2.45, 2.75) is 25.7 Å². The lowest BCUT2D eigenvalue weighted by Gasteiger charge is -2.41. The zero-order valence-corrected chi connectivity index (χ0v) is 27.2. The lowest BCUT2D eigenvalue weighted by Crippen LogP contribution is -2.52. The van der Waals surface area contributed by atoms with Crippen LogP contribution in [0, 0.1) is 23.1 Å². The van der Waals surface area contributed by atoms with Crippen LogP contribution in [0.2, 0.25) is 0 Å². The predicted octanol–water partition coefficient (Wildman–Crippen LogP) is 5.77. The average Bonchev–Trinajstić information content (AvgIpc) is 3.90. The summed E-state index contributed by atoms with van der Waals surface area (Å²) in [5.41, 5.74) is 1.56. The molecule has 4 aromatic rings. The van der Waals surface area contributed by atoms with Gasteiger partial charge in [0.1, 0.15) is 28.5 Å². The Morgan fingerprint density at radius 1 is 0.918 bits per heavy atom. The number of methoxy groups -OCH3 is 1.